The minimum absolute atomic E-state index is 0. The normalized spacial score (nSPS) is 7.06. The summed E-state index contributed by atoms with van der Waals surface area (Å²) in [6.07, 6.45) is 0. The molecule has 4 nitrogen and oxygen atoms in total. The molecule has 0 rings (SSSR count). The van der Waals surface area contributed by atoms with E-state index < -0.39 is 0 Å². The van der Waals surface area contributed by atoms with Gasteiger partial charge in [-0.1, -0.05) is 27.7 Å². The first kappa shape index (κ1) is 30.6. The van der Waals surface area contributed by atoms with Crippen LogP contribution in [-0.2, 0) is 26.2 Å². The standard InChI is InChI=1S/2C4H10N.2C2H6N.Zr/c2*1-3-5-4-2;2*1-3-2;/h2*3-4H2,1-2H3;2*1-2H3;/q4*-1;+4. The van der Waals surface area contributed by atoms with E-state index >= 15 is 0 Å². The van der Waals surface area contributed by atoms with Gasteiger partial charge in [-0.15, -0.1) is 0 Å². The van der Waals surface area contributed by atoms with Gasteiger partial charge in [-0.25, -0.2) is 0 Å². The van der Waals surface area contributed by atoms with Crippen molar-refractivity contribution in [1.29, 1.82) is 0 Å². The van der Waals surface area contributed by atoms with Crippen LogP contribution in [0.2, 0.25) is 0 Å². The second-order valence-electron chi connectivity index (χ2n) is 2.61. The monoisotopic (exact) mass is 322 g/mol. The molecule has 0 aromatic carbocycles. The smallest absolute Gasteiger partial charge is 0.668 e. The van der Waals surface area contributed by atoms with Gasteiger partial charge in [0.15, 0.2) is 0 Å². The maximum atomic E-state index is 3.97. The van der Waals surface area contributed by atoms with Gasteiger partial charge in [-0.05, 0) is 0 Å². The van der Waals surface area contributed by atoms with E-state index in [1.165, 1.54) is 0 Å². The molecule has 0 saturated heterocycles. The second-order valence-corrected chi connectivity index (χ2v) is 2.61. The number of hydrogen-bond donors (Lipinski definition) is 0. The molecule has 0 saturated carbocycles. The summed E-state index contributed by atoms with van der Waals surface area (Å²) in [7, 11) is 7.00. The van der Waals surface area contributed by atoms with Crippen LogP contribution in [0.5, 0.6) is 0 Å². The summed E-state index contributed by atoms with van der Waals surface area (Å²) in [6.45, 7) is 12.1. The Labute approximate surface area is 129 Å². The van der Waals surface area contributed by atoms with Crippen molar-refractivity contribution in [2.24, 2.45) is 0 Å². The Morgan fingerprint density at radius 1 is 0.529 bits per heavy atom. The van der Waals surface area contributed by atoms with Crippen molar-refractivity contribution >= 4 is 0 Å². The van der Waals surface area contributed by atoms with E-state index in [0.29, 0.717) is 0 Å². The van der Waals surface area contributed by atoms with Crippen molar-refractivity contribution in [2.45, 2.75) is 27.7 Å². The third kappa shape index (κ3) is 163. The largest absolute Gasteiger partial charge is 4.00 e. The minimum atomic E-state index is 0. The number of hydrogen-bond acceptors (Lipinski definition) is 0. The second kappa shape index (κ2) is 54.3. The van der Waals surface area contributed by atoms with E-state index in [9.17, 15) is 0 Å². The topological polar surface area (TPSA) is 56.4 Å². The van der Waals surface area contributed by atoms with E-state index in [0.717, 1.165) is 26.2 Å². The third-order valence-electron chi connectivity index (χ3n) is 0.894. The average molecular weight is 324 g/mol. The molecule has 0 heterocycles. The molecule has 5 heteroatoms. The molecule has 0 radical (unpaired) electrons. The van der Waals surface area contributed by atoms with E-state index in [4.69, 9.17) is 0 Å². The summed E-state index contributed by atoms with van der Waals surface area (Å²) in [5.74, 6) is 0. The maximum absolute atomic E-state index is 3.97. The van der Waals surface area contributed by atoms with Gasteiger partial charge in [0.1, 0.15) is 0 Å². The Balaban J connectivity index is -0.0000000381. The zero-order chi connectivity index (χ0) is 13.7. The molecule has 0 bridgehead atoms. The predicted molar refractivity (Wildman–Crippen MR) is 79.3 cm³/mol. The zero-order valence-corrected chi connectivity index (χ0v) is 15.6. The molecular weight excluding hydrogens is 291 g/mol. The Bertz CT molecular complexity index is 54.5. The summed E-state index contributed by atoms with van der Waals surface area (Å²) in [5.41, 5.74) is 0. The van der Waals surface area contributed by atoms with Crippen molar-refractivity contribution in [3.63, 3.8) is 0 Å². The molecule has 0 spiro atoms. The molecule has 0 atom stereocenters. The van der Waals surface area contributed by atoms with Crippen LogP contribution in [0.4, 0.5) is 0 Å². The van der Waals surface area contributed by atoms with Crippen LogP contribution in [-0.4, -0.2) is 54.4 Å². The van der Waals surface area contributed by atoms with E-state index in [2.05, 4.69) is 21.3 Å². The maximum Gasteiger partial charge on any atom is 4.00 e. The van der Waals surface area contributed by atoms with Gasteiger partial charge < -0.3 is 21.3 Å². The van der Waals surface area contributed by atoms with Crippen LogP contribution in [0.3, 0.4) is 0 Å². The zero-order valence-electron chi connectivity index (χ0n) is 13.1. The summed E-state index contributed by atoms with van der Waals surface area (Å²) in [6, 6.07) is 0. The Morgan fingerprint density at radius 3 is 0.647 bits per heavy atom. The minimum Gasteiger partial charge on any atom is -0.668 e. The summed E-state index contributed by atoms with van der Waals surface area (Å²) in [5, 5.41) is 14.9. The molecule has 0 N–H and O–H groups in total. The van der Waals surface area contributed by atoms with Crippen molar-refractivity contribution in [3.05, 3.63) is 21.3 Å². The van der Waals surface area contributed by atoms with Crippen molar-refractivity contribution < 1.29 is 26.2 Å². The van der Waals surface area contributed by atoms with Crippen LogP contribution in [0, 0.1) is 0 Å². The third-order valence-corrected chi connectivity index (χ3v) is 0.894. The van der Waals surface area contributed by atoms with Crippen molar-refractivity contribution in [1.82, 2.24) is 0 Å². The van der Waals surface area contributed by atoms with Gasteiger partial charge in [0.05, 0.1) is 0 Å². The van der Waals surface area contributed by atoms with Crippen LogP contribution in [0.1, 0.15) is 27.7 Å². The van der Waals surface area contributed by atoms with Gasteiger partial charge in [-0.3, -0.25) is 0 Å². The molecule has 17 heavy (non-hydrogen) atoms. The van der Waals surface area contributed by atoms with Gasteiger partial charge in [0.25, 0.3) is 0 Å². The SMILES string of the molecule is CC[N-]CC.CC[N-]CC.C[N-]C.C[N-]C.[Zr+4]. The quantitative estimate of drug-likeness (QED) is 0.750. The Hall–Kier alpha value is 0.723. The molecule has 0 unspecified atom stereocenters. The summed E-state index contributed by atoms with van der Waals surface area (Å²) < 4.78 is 0. The van der Waals surface area contributed by atoms with Crippen molar-refractivity contribution in [2.75, 3.05) is 54.4 Å². The fourth-order valence-electron chi connectivity index (χ4n) is 0.447. The molecule has 0 aromatic heterocycles. The molecule has 0 aliphatic rings. The van der Waals surface area contributed by atoms with Crippen LogP contribution in [0.15, 0.2) is 0 Å². The van der Waals surface area contributed by atoms with Crippen LogP contribution >= 0.6 is 0 Å². The van der Waals surface area contributed by atoms with Crippen LogP contribution in [0.25, 0.3) is 21.3 Å². The first-order valence-electron chi connectivity index (χ1n) is 5.88. The number of nitrogens with zero attached hydrogens (tertiary/aromatic N) is 4. The molecule has 0 aromatic rings. The van der Waals surface area contributed by atoms with Gasteiger partial charge in [0.2, 0.25) is 0 Å². The summed E-state index contributed by atoms with van der Waals surface area (Å²) >= 11 is 0. The van der Waals surface area contributed by atoms with Gasteiger partial charge in [0, 0.05) is 0 Å². The first-order valence-corrected chi connectivity index (χ1v) is 5.88. The van der Waals surface area contributed by atoms with Crippen molar-refractivity contribution in [3.8, 4) is 0 Å². The Kier molecular flexibility index (Phi) is 97.9. The predicted octanol–water partition coefficient (Wildman–Crippen LogP) is 4.04. The van der Waals surface area contributed by atoms with Gasteiger partial charge >= 0.3 is 26.2 Å². The summed E-state index contributed by atoms with van der Waals surface area (Å²) in [4.78, 5) is 0. The number of rotatable bonds is 4. The molecule has 0 aliphatic carbocycles. The average Bonchev–Trinajstić information content (AvgIpc) is 2.23. The van der Waals surface area contributed by atoms with E-state index in [-0.39, 0.29) is 26.2 Å². The molecule has 104 valence electrons. The first-order chi connectivity index (χ1) is 7.66. The molecule has 0 aliphatic heterocycles. The van der Waals surface area contributed by atoms with Crippen LogP contribution < -0.4 is 0 Å². The fourth-order valence-corrected chi connectivity index (χ4v) is 0.447. The molecule has 0 amide bonds. The molecule has 0 fully saturated rings. The Morgan fingerprint density at radius 2 is 0.647 bits per heavy atom. The van der Waals surface area contributed by atoms with E-state index in [1.54, 1.807) is 28.2 Å². The van der Waals surface area contributed by atoms with E-state index in [1.807, 2.05) is 27.7 Å². The molecular formula is C12H32N4Zr. The fraction of sp³-hybridized carbons (Fsp3) is 1.00. The van der Waals surface area contributed by atoms with Gasteiger partial charge in [-0.2, -0.15) is 54.4 Å².